The summed E-state index contributed by atoms with van der Waals surface area (Å²) in [5, 5.41) is 0. The van der Waals surface area contributed by atoms with Gasteiger partial charge in [-0.25, -0.2) is 4.58 Å². The van der Waals surface area contributed by atoms with Crippen LogP contribution < -0.4 is 5.73 Å². The highest BCUT2D eigenvalue weighted by Crippen LogP contribution is 1.88. The number of hydrogen-bond donors (Lipinski definition) is 1. The van der Waals surface area contributed by atoms with E-state index in [2.05, 4.69) is 37.5 Å². The number of nitrogens with zero attached hydrogens (tertiary/aromatic N) is 1. The summed E-state index contributed by atoms with van der Waals surface area (Å²) in [6.45, 7) is 3.52. The fourth-order valence-corrected chi connectivity index (χ4v) is 0.554. The Labute approximate surface area is 75.3 Å². The summed E-state index contributed by atoms with van der Waals surface area (Å²) in [5.74, 6) is -0.333. The number of amides is 1. The van der Waals surface area contributed by atoms with E-state index in [1.165, 1.54) is 26.2 Å². The van der Waals surface area contributed by atoms with E-state index in [9.17, 15) is 4.79 Å². The molecule has 0 saturated carbocycles. The third kappa shape index (κ3) is 35.3. The number of carbonyl (C=O) groups excluding carboxylic acids is 1. The van der Waals surface area contributed by atoms with Crippen molar-refractivity contribution in [1.82, 2.24) is 0 Å². The molecule has 1 amide bonds. The maximum Gasteiger partial charge on any atom is 0.214 e. The average Bonchev–Trinajstić information content (AvgIpc) is 1.86. The summed E-state index contributed by atoms with van der Waals surface area (Å²) in [4.78, 5) is 9.22. The molecule has 12 heavy (non-hydrogen) atoms. The Balaban J connectivity index is 0. The molecule has 0 unspecified atom stereocenters. The smallest absolute Gasteiger partial charge is 0.214 e. The van der Waals surface area contributed by atoms with Crippen LogP contribution in [-0.4, -0.2) is 30.8 Å². The van der Waals surface area contributed by atoms with Gasteiger partial charge in [0.15, 0.2) is 0 Å². The molecule has 0 fully saturated rings. The van der Waals surface area contributed by atoms with Gasteiger partial charge in [0, 0.05) is 13.3 Å². The third-order valence-corrected chi connectivity index (χ3v) is 1.05. The second-order valence-electron chi connectivity index (χ2n) is 2.90. The van der Waals surface area contributed by atoms with Gasteiger partial charge in [0.1, 0.15) is 20.3 Å². The van der Waals surface area contributed by atoms with Crippen LogP contribution in [0.25, 0.3) is 0 Å². The van der Waals surface area contributed by atoms with E-state index in [1.54, 1.807) is 0 Å². The quantitative estimate of drug-likeness (QED) is 0.226. The predicted octanol–water partition coefficient (Wildman–Crippen LogP) is 1.01. The minimum Gasteiger partial charge on any atom is -0.370 e. The van der Waals surface area contributed by atoms with Gasteiger partial charge in [-0.2, -0.15) is 0 Å². The van der Waals surface area contributed by atoms with Gasteiger partial charge in [0.05, 0.1) is 0 Å². The van der Waals surface area contributed by atoms with Crippen molar-refractivity contribution >= 4 is 12.1 Å². The average molecular weight is 178 g/mol. The molecule has 0 aliphatic carbocycles. The Morgan fingerprint density at radius 1 is 1.50 bits per heavy atom. The van der Waals surface area contributed by atoms with Crippen molar-refractivity contribution in [2.75, 3.05) is 14.1 Å². The lowest BCUT2D eigenvalue weighted by molar-refractivity contribution is -0.460. The molecular weight excluding hydrogens is 157 g/mol. The first kappa shape index (κ1) is 13.7. The first-order valence-electron chi connectivity index (χ1n) is 4.26. The fourth-order valence-electron chi connectivity index (χ4n) is 0.554. The molecule has 3 heteroatoms. The zero-order valence-corrected chi connectivity index (χ0v) is 8.63. The van der Waals surface area contributed by atoms with E-state index >= 15 is 0 Å². The summed E-state index contributed by atoms with van der Waals surface area (Å²) in [5.41, 5.74) is 4.47. The van der Waals surface area contributed by atoms with Gasteiger partial charge >= 0.3 is 0 Å². The second kappa shape index (κ2) is 10.1. The van der Waals surface area contributed by atoms with E-state index in [0.29, 0.717) is 0 Å². The normalized spacial score (nSPS) is 10.2. The maximum absolute atomic E-state index is 9.22. The number of nitrogens with two attached hydrogens (primary N) is 1. The molecule has 0 radical (unpaired) electrons. The number of unbranched alkanes of at least 4 members (excludes halogenated alkanes) is 2. The lowest BCUT2D eigenvalue weighted by atomic mass is 10.4. The van der Waals surface area contributed by atoms with Crippen LogP contribution in [0.3, 0.4) is 0 Å². The monoisotopic (exact) mass is 178 g/mol. The van der Waals surface area contributed by atoms with Crippen molar-refractivity contribution in [3.05, 3.63) is 0 Å². The summed E-state index contributed by atoms with van der Waals surface area (Å²) >= 11 is 0. The highest BCUT2D eigenvalue weighted by molar-refractivity contribution is 5.70. The number of hydrogen-bond acceptors (Lipinski definition) is 1. The molecule has 2 N–H and O–H groups in total. The summed E-state index contributed by atoms with van der Waals surface area (Å²) in [7, 11) is 4.13. The van der Waals surface area contributed by atoms with Crippen LogP contribution in [0, 0.1) is 0 Å². The summed E-state index contributed by atoms with van der Waals surface area (Å²) in [6.07, 6.45) is 6.05. The first-order chi connectivity index (χ1) is 5.50. The molecule has 0 aromatic heterocycles. The first-order valence-corrected chi connectivity index (χ1v) is 4.26. The van der Waals surface area contributed by atoms with Crippen LogP contribution in [-0.2, 0) is 4.79 Å². The maximum atomic E-state index is 9.22. The van der Waals surface area contributed by atoms with E-state index in [-0.39, 0.29) is 5.91 Å². The lowest BCUT2D eigenvalue weighted by Gasteiger charge is -1.85. The minimum absolute atomic E-state index is 0.333. The Hall–Kier alpha value is -0.860. The number of rotatable bonds is 3. The molecule has 0 aliphatic rings. The number of carbonyl (C=O) groups is 1. The molecule has 0 spiro atoms. The molecule has 72 valence electrons. The molecule has 0 saturated heterocycles. The van der Waals surface area contributed by atoms with E-state index in [0.717, 1.165) is 0 Å². The van der Waals surface area contributed by atoms with E-state index < -0.39 is 0 Å². The lowest BCUT2D eigenvalue weighted by Crippen LogP contribution is -2.01. The highest BCUT2D eigenvalue weighted by atomic mass is 16.2. The minimum atomic E-state index is -0.333. The summed E-state index contributed by atoms with van der Waals surface area (Å²) in [6, 6.07) is 0. The standard InChI is InChI=1S/C7H16N.C2H5NO/c1-4-5-6-7-8(2)3;1-2(3)4/h7H,4-6H2,1-3H3;1H3,(H2,3,4)/q+1;/i1+1,2+1,4+1,8+1;2+1. The molecule has 0 atom stereocenters. The topological polar surface area (TPSA) is 46.1 Å². The van der Waals surface area contributed by atoms with Gasteiger partial charge in [-0.3, -0.25) is 4.79 Å². The molecule has 0 rings (SSSR count). The van der Waals surface area contributed by atoms with Crippen molar-refractivity contribution in [1.29, 1.82) is 0 Å². The van der Waals surface area contributed by atoms with Crippen molar-refractivity contribution in [2.24, 2.45) is 5.73 Å². The predicted molar refractivity (Wildman–Crippen MR) is 52.6 cm³/mol. The molecular formula is C9H21N2O+. The Morgan fingerprint density at radius 3 is 2.17 bits per heavy atom. The molecule has 3 nitrogen and oxygen atoms in total. The van der Waals surface area contributed by atoms with Crippen molar-refractivity contribution in [2.45, 2.75) is 33.1 Å². The van der Waals surface area contributed by atoms with Gasteiger partial charge in [0.25, 0.3) is 0 Å². The van der Waals surface area contributed by atoms with Gasteiger partial charge in [-0.05, 0) is 6.42 Å². The summed E-state index contributed by atoms with van der Waals surface area (Å²) < 4.78 is 2.11. The molecule has 0 aliphatic heterocycles. The zero-order chi connectivity index (χ0) is 9.98. The molecule has 0 bridgehead atoms. The van der Waals surface area contributed by atoms with Crippen LogP contribution in [0.4, 0.5) is 0 Å². The molecule has 0 heterocycles. The zero-order valence-electron chi connectivity index (χ0n) is 8.63. The van der Waals surface area contributed by atoms with Crippen LogP contribution in [0.5, 0.6) is 0 Å². The Bertz CT molecular complexity index is 133. The fraction of sp³-hybridized carbons (Fsp3) is 0.778. The van der Waals surface area contributed by atoms with E-state index in [4.69, 9.17) is 0 Å². The number of primary amides is 1. The highest BCUT2D eigenvalue weighted by Gasteiger charge is 1.82. The SMILES string of the molecule is C[13C](N)=O.C[15N+]([13CH3])=CCC[13CH2][13CH3]. The molecule has 0 aromatic carbocycles. The van der Waals surface area contributed by atoms with Crippen LogP contribution >= 0.6 is 0 Å². The van der Waals surface area contributed by atoms with Crippen LogP contribution in [0.1, 0.15) is 33.1 Å². The van der Waals surface area contributed by atoms with Gasteiger partial charge in [0.2, 0.25) is 5.91 Å². The molecule has 0 aromatic rings. The van der Waals surface area contributed by atoms with Crippen molar-refractivity contribution < 1.29 is 9.37 Å². The second-order valence-corrected chi connectivity index (χ2v) is 2.90. The largest absolute Gasteiger partial charge is 0.370 e. The Kier molecular flexibility index (Phi) is 11.6. The van der Waals surface area contributed by atoms with Gasteiger partial charge in [-0.1, -0.05) is 13.3 Å². The van der Waals surface area contributed by atoms with Crippen molar-refractivity contribution in [3.8, 4) is 0 Å². The third-order valence-electron chi connectivity index (χ3n) is 1.05. The van der Waals surface area contributed by atoms with Gasteiger partial charge < -0.3 is 5.73 Å². The van der Waals surface area contributed by atoms with Crippen molar-refractivity contribution in [3.63, 3.8) is 0 Å². The van der Waals surface area contributed by atoms with Crippen LogP contribution in [0.2, 0.25) is 0 Å². The van der Waals surface area contributed by atoms with Crippen LogP contribution in [0.15, 0.2) is 0 Å². The van der Waals surface area contributed by atoms with E-state index in [1.807, 2.05) is 0 Å². The van der Waals surface area contributed by atoms with Gasteiger partial charge in [-0.15, -0.1) is 0 Å². The Morgan fingerprint density at radius 2 is 1.92 bits per heavy atom.